The Balaban J connectivity index is 1.52. The fourth-order valence-electron chi connectivity index (χ4n) is 4.84. The van der Waals surface area contributed by atoms with Crippen LogP contribution in [0.25, 0.3) is 0 Å². The van der Waals surface area contributed by atoms with Crippen LogP contribution in [-0.4, -0.2) is 57.5 Å². The first-order valence-corrected chi connectivity index (χ1v) is 12.2. The minimum absolute atomic E-state index is 0.230. The van der Waals surface area contributed by atoms with E-state index in [0.29, 0.717) is 47.1 Å². The molecule has 0 bridgehead atoms. The van der Waals surface area contributed by atoms with Crippen molar-refractivity contribution in [2.45, 2.75) is 13.0 Å². The Hall–Kier alpha value is -3.76. The van der Waals surface area contributed by atoms with Crippen LogP contribution in [0.15, 0.2) is 64.6 Å². The molecule has 3 heterocycles. The van der Waals surface area contributed by atoms with Gasteiger partial charge in [0, 0.05) is 43.6 Å². The molecule has 0 saturated carbocycles. The second-order valence-corrected chi connectivity index (χ2v) is 9.62. The van der Waals surface area contributed by atoms with Gasteiger partial charge in [0.25, 0.3) is 11.5 Å². The van der Waals surface area contributed by atoms with Crippen LogP contribution in [0.2, 0.25) is 10.0 Å². The summed E-state index contributed by atoms with van der Waals surface area (Å²) in [6, 6.07) is 11.2. The molecule has 0 aliphatic carbocycles. The number of rotatable bonds is 3. The largest absolute Gasteiger partial charge is 0.463 e. The Kier molecular flexibility index (Phi) is 6.47. The summed E-state index contributed by atoms with van der Waals surface area (Å²) >= 11 is 12.4. The molecule has 2 aliphatic heterocycles. The number of carboxylic acid groups (broad SMARTS) is 1. The molecule has 2 N–H and O–H groups in total. The lowest BCUT2D eigenvalue weighted by Gasteiger charge is -2.39. The number of anilines is 2. The highest BCUT2D eigenvalue weighted by molar-refractivity contribution is 6.42. The van der Waals surface area contributed by atoms with Crippen LogP contribution < -0.4 is 15.8 Å². The molecule has 1 aromatic heterocycles. The lowest BCUT2D eigenvalue weighted by molar-refractivity contribution is -0.128. The Bertz CT molecular complexity index is 1490. The number of amides is 1. The Morgan fingerprint density at radius 3 is 2.30 bits per heavy atom. The topological polar surface area (TPSA) is 99.8 Å². The first-order valence-electron chi connectivity index (χ1n) is 11.5. The van der Waals surface area contributed by atoms with Crippen molar-refractivity contribution in [3.05, 3.63) is 91.6 Å². The zero-order valence-corrected chi connectivity index (χ0v) is 21.1. The van der Waals surface area contributed by atoms with Gasteiger partial charge in [-0.15, -0.1) is 4.68 Å². The molecule has 5 rings (SSSR count). The van der Waals surface area contributed by atoms with E-state index in [4.69, 9.17) is 23.2 Å². The number of allylic oxidation sites excluding steroid dienone is 1. The van der Waals surface area contributed by atoms with Crippen molar-refractivity contribution in [3.63, 3.8) is 0 Å². The Morgan fingerprint density at radius 1 is 1.00 bits per heavy atom. The van der Waals surface area contributed by atoms with Gasteiger partial charge in [0.15, 0.2) is 0 Å². The molecular formula is C25H22Cl2FN5O4. The molecule has 1 atom stereocenters. The predicted molar refractivity (Wildman–Crippen MR) is 138 cm³/mol. The van der Waals surface area contributed by atoms with E-state index < -0.39 is 17.7 Å². The van der Waals surface area contributed by atoms with E-state index in [-0.39, 0.29) is 28.1 Å². The van der Waals surface area contributed by atoms with Crippen molar-refractivity contribution in [3.8, 4) is 0 Å². The summed E-state index contributed by atoms with van der Waals surface area (Å²) in [6.45, 7) is 3.56. The Labute approximate surface area is 220 Å². The number of fused-ring (bicyclic) bond motifs is 1. The highest BCUT2D eigenvalue weighted by atomic mass is 35.5. The molecule has 37 heavy (non-hydrogen) atoms. The predicted octanol–water partition coefficient (Wildman–Crippen LogP) is 4.26. The van der Waals surface area contributed by atoms with E-state index in [1.54, 1.807) is 42.2 Å². The number of carbonyl (C=O) groups is 2. The van der Waals surface area contributed by atoms with E-state index in [9.17, 15) is 23.9 Å². The Morgan fingerprint density at radius 2 is 1.68 bits per heavy atom. The quantitative estimate of drug-likeness (QED) is 0.510. The van der Waals surface area contributed by atoms with Crippen molar-refractivity contribution in [2.75, 3.05) is 36.4 Å². The van der Waals surface area contributed by atoms with Gasteiger partial charge in [-0.2, -0.15) is 0 Å². The van der Waals surface area contributed by atoms with Crippen molar-refractivity contribution in [1.82, 2.24) is 14.3 Å². The van der Waals surface area contributed by atoms with Gasteiger partial charge in [-0.1, -0.05) is 29.3 Å². The monoisotopic (exact) mass is 545 g/mol. The van der Waals surface area contributed by atoms with E-state index in [1.165, 1.54) is 22.9 Å². The summed E-state index contributed by atoms with van der Waals surface area (Å²) in [6.07, 6.45) is -1.48. The first kappa shape index (κ1) is 24.9. The zero-order valence-electron chi connectivity index (χ0n) is 19.6. The molecule has 1 amide bonds. The summed E-state index contributed by atoms with van der Waals surface area (Å²) in [5.74, 6) is -0.385. The highest BCUT2D eigenvalue weighted by Crippen LogP contribution is 2.38. The fourth-order valence-corrected chi connectivity index (χ4v) is 5.14. The SMILES string of the molecule is CC1=C(C(=O)N2CCN(c3ccc(F)cc3)CC2)C(c2ccc(Cl)c(Cl)c2)n2c(cc(=O)n2C(=O)O)N1. The van der Waals surface area contributed by atoms with Crippen LogP contribution in [-0.2, 0) is 4.79 Å². The molecule has 1 saturated heterocycles. The molecule has 0 radical (unpaired) electrons. The molecule has 12 heteroatoms. The van der Waals surface area contributed by atoms with Gasteiger partial charge in [-0.05, 0) is 48.9 Å². The maximum atomic E-state index is 13.9. The van der Waals surface area contributed by atoms with Crippen molar-refractivity contribution in [2.24, 2.45) is 0 Å². The number of piperazine rings is 1. The second-order valence-electron chi connectivity index (χ2n) is 8.80. The third kappa shape index (κ3) is 4.47. The van der Waals surface area contributed by atoms with Crippen LogP contribution in [0.5, 0.6) is 0 Å². The van der Waals surface area contributed by atoms with Gasteiger partial charge < -0.3 is 20.2 Å². The summed E-state index contributed by atoms with van der Waals surface area (Å²) < 4.78 is 15.1. The van der Waals surface area contributed by atoms with E-state index >= 15 is 0 Å². The van der Waals surface area contributed by atoms with Crippen LogP contribution in [0, 0.1) is 5.82 Å². The molecule has 9 nitrogen and oxygen atoms in total. The third-order valence-corrected chi connectivity index (χ3v) is 7.34. The van der Waals surface area contributed by atoms with Crippen LogP contribution in [0.1, 0.15) is 18.5 Å². The molecule has 192 valence electrons. The maximum Gasteiger partial charge on any atom is 0.434 e. The molecule has 2 aliphatic rings. The van der Waals surface area contributed by atoms with Crippen molar-refractivity contribution in [1.29, 1.82) is 0 Å². The van der Waals surface area contributed by atoms with Gasteiger partial charge in [-0.25, -0.2) is 13.9 Å². The smallest absolute Gasteiger partial charge is 0.434 e. The van der Waals surface area contributed by atoms with Gasteiger partial charge in [0.05, 0.1) is 15.6 Å². The number of nitrogens with one attached hydrogen (secondary N) is 1. The molecular weight excluding hydrogens is 524 g/mol. The number of carbonyl (C=O) groups excluding carboxylic acids is 1. The average molecular weight is 546 g/mol. The third-order valence-electron chi connectivity index (χ3n) is 6.60. The fraction of sp³-hybridized carbons (Fsp3) is 0.240. The number of hydrogen-bond donors (Lipinski definition) is 2. The lowest BCUT2D eigenvalue weighted by Crippen LogP contribution is -2.50. The molecule has 1 fully saturated rings. The minimum atomic E-state index is -1.48. The minimum Gasteiger partial charge on any atom is -0.463 e. The average Bonchev–Trinajstić information content (AvgIpc) is 3.20. The van der Waals surface area contributed by atoms with Gasteiger partial charge in [0.1, 0.15) is 17.7 Å². The molecule has 0 spiro atoms. The number of aromatic nitrogens is 2. The van der Waals surface area contributed by atoms with Gasteiger partial charge in [-0.3, -0.25) is 9.59 Å². The van der Waals surface area contributed by atoms with Crippen molar-refractivity contribution >= 4 is 46.7 Å². The van der Waals surface area contributed by atoms with Gasteiger partial charge in [0.2, 0.25) is 0 Å². The molecule has 3 aromatic rings. The highest BCUT2D eigenvalue weighted by Gasteiger charge is 2.38. The normalized spacial score (nSPS) is 17.5. The lowest BCUT2D eigenvalue weighted by atomic mass is 9.94. The van der Waals surface area contributed by atoms with Crippen LogP contribution in [0.3, 0.4) is 0 Å². The summed E-state index contributed by atoms with van der Waals surface area (Å²) in [4.78, 5) is 42.3. The number of hydrogen-bond acceptors (Lipinski definition) is 5. The summed E-state index contributed by atoms with van der Waals surface area (Å²) in [5, 5.41) is 13.3. The number of benzene rings is 2. The van der Waals surface area contributed by atoms with Gasteiger partial charge >= 0.3 is 6.09 Å². The van der Waals surface area contributed by atoms with Crippen molar-refractivity contribution < 1.29 is 19.1 Å². The summed E-state index contributed by atoms with van der Waals surface area (Å²) in [5.41, 5.74) is 1.38. The van der Waals surface area contributed by atoms with Crippen LogP contribution in [0.4, 0.5) is 20.7 Å². The van der Waals surface area contributed by atoms with Crippen LogP contribution >= 0.6 is 23.2 Å². The van der Waals surface area contributed by atoms with E-state index in [2.05, 4.69) is 10.2 Å². The molecule has 2 aromatic carbocycles. The standard InChI is InChI=1S/C25H22Cl2FN5O4/c1-14-22(24(35)31-10-8-30(9-11-31)17-5-3-16(28)4-6-17)23(15-2-7-18(26)19(27)12-15)32-20(29-14)13-21(34)33(32)25(36)37/h2-7,12-13,23,29H,8-11H2,1H3,(H,36,37). The summed E-state index contributed by atoms with van der Waals surface area (Å²) in [7, 11) is 0. The second kappa shape index (κ2) is 9.60. The van der Waals surface area contributed by atoms with E-state index in [0.717, 1.165) is 5.69 Å². The zero-order chi connectivity index (χ0) is 26.4. The number of nitrogens with zero attached hydrogens (tertiary/aromatic N) is 4. The maximum absolute atomic E-state index is 13.9. The number of halogens is 3. The first-order chi connectivity index (χ1) is 17.7. The van der Waals surface area contributed by atoms with E-state index in [1.807, 2.05) is 0 Å². The molecule has 1 unspecified atom stereocenters.